The van der Waals surface area contributed by atoms with Gasteiger partial charge in [0.15, 0.2) is 5.82 Å². The number of rotatable bonds is 5. The summed E-state index contributed by atoms with van der Waals surface area (Å²) in [5.41, 5.74) is 4.64. The van der Waals surface area contributed by atoms with E-state index in [1.54, 1.807) is 17.2 Å². The van der Waals surface area contributed by atoms with Crippen LogP contribution in [0.1, 0.15) is 11.4 Å². The van der Waals surface area contributed by atoms with Gasteiger partial charge in [0.2, 0.25) is 0 Å². The van der Waals surface area contributed by atoms with E-state index in [4.69, 9.17) is 0 Å². The van der Waals surface area contributed by atoms with E-state index in [1.165, 1.54) is 0 Å². The van der Waals surface area contributed by atoms with Crippen LogP contribution in [-0.2, 0) is 6.54 Å². The summed E-state index contributed by atoms with van der Waals surface area (Å²) in [6, 6.07) is 15.9. The maximum Gasteiger partial charge on any atom is 0.172 e. The molecule has 2 N–H and O–H groups in total. The molecule has 0 unspecified atom stereocenters. The van der Waals surface area contributed by atoms with Gasteiger partial charge in [-0.25, -0.2) is 0 Å². The van der Waals surface area contributed by atoms with Crippen LogP contribution < -0.4 is 5.32 Å². The van der Waals surface area contributed by atoms with Gasteiger partial charge in [-0.2, -0.15) is 10.2 Å². The number of nitrogens with zero attached hydrogens (tertiary/aromatic N) is 5. The molecule has 4 rings (SSSR count). The smallest absolute Gasteiger partial charge is 0.172 e. The maximum atomic E-state index is 4.48. The highest BCUT2D eigenvalue weighted by atomic mass is 15.5. The van der Waals surface area contributed by atoms with Crippen molar-refractivity contribution >= 4 is 5.82 Å². The molecule has 25 heavy (non-hydrogen) atoms. The number of aromatic nitrogens is 6. The molecule has 0 saturated heterocycles. The molecular formula is C18H17N7. The van der Waals surface area contributed by atoms with Crippen molar-refractivity contribution in [1.82, 2.24) is 30.2 Å². The number of anilines is 1. The number of nitrogens with one attached hydrogen (secondary N) is 2. The lowest BCUT2D eigenvalue weighted by Gasteiger charge is -2.00. The van der Waals surface area contributed by atoms with E-state index in [-0.39, 0.29) is 0 Å². The normalized spacial score (nSPS) is 10.8. The number of aromatic amines is 1. The molecule has 0 radical (unpaired) electrons. The summed E-state index contributed by atoms with van der Waals surface area (Å²) >= 11 is 0. The molecule has 3 heterocycles. The van der Waals surface area contributed by atoms with Crippen molar-refractivity contribution in [3.63, 3.8) is 0 Å². The highest BCUT2D eigenvalue weighted by Crippen LogP contribution is 2.18. The van der Waals surface area contributed by atoms with Crippen LogP contribution in [0.3, 0.4) is 0 Å². The molecule has 0 fully saturated rings. The number of hydrogen-bond donors (Lipinski definition) is 2. The highest BCUT2D eigenvalue weighted by Gasteiger charge is 2.09. The molecule has 0 bridgehead atoms. The van der Waals surface area contributed by atoms with Crippen LogP contribution in [0.25, 0.3) is 16.9 Å². The van der Waals surface area contributed by atoms with Gasteiger partial charge in [-0.1, -0.05) is 30.3 Å². The Morgan fingerprint density at radius 2 is 1.96 bits per heavy atom. The lowest BCUT2D eigenvalue weighted by Crippen LogP contribution is -2.03. The predicted molar refractivity (Wildman–Crippen MR) is 95.2 cm³/mol. The van der Waals surface area contributed by atoms with E-state index in [9.17, 15) is 0 Å². The maximum absolute atomic E-state index is 4.48. The number of benzene rings is 1. The molecule has 0 aliphatic rings. The van der Waals surface area contributed by atoms with Crippen molar-refractivity contribution in [3.8, 4) is 16.9 Å². The van der Waals surface area contributed by atoms with Crippen LogP contribution in [0, 0.1) is 6.92 Å². The number of H-pyrrole nitrogens is 1. The molecule has 0 aliphatic carbocycles. The standard InChI is InChI=1S/C18H17N7/c1-13-18(24-25(23-13)16-8-5-9-19-12-16)20-11-15-10-17(22-21-15)14-6-3-2-4-7-14/h2-10,12H,11H2,1H3,(H,20,24)(H,21,22). The number of aryl methyl sites for hydroxylation is 1. The Bertz CT molecular complexity index is 958. The second-order valence-corrected chi connectivity index (χ2v) is 5.63. The highest BCUT2D eigenvalue weighted by molar-refractivity contribution is 5.59. The van der Waals surface area contributed by atoms with Gasteiger partial charge >= 0.3 is 0 Å². The lowest BCUT2D eigenvalue weighted by molar-refractivity contribution is 0.742. The Morgan fingerprint density at radius 3 is 2.76 bits per heavy atom. The average molecular weight is 331 g/mol. The molecule has 4 aromatic rings. The van der Waals surface area contributed by atoms with Crippen molar-refractivity contribution in [2.75, 3.05) is 5.32 Å². The van der Waals surface area contributed by atoms with Crippen molar-refractivity contribution in [1.29, 1.82) is 0 Å². The van der Waals surface area contributed by atoms with E-state index in [1.807, 2.05) is 55.5 Å². The van der Waals surface area contributed by atoms with Crippen molar-refractivity contribution in [3.05, 3.63) is 72.3 Å². The van der Waals surface area contributed by atoms with Gasteiger partial charge < -0.3 is 5.32 Å². The van der Waals surface area contributed by atoms with Crippen molar-refractivity contribution < 1.29 is 0 Å². The summed E-state index contributed by atoms with van der Waals surface area (Å²) in [6.07, 6.45) is 3.45. The number of pyridine rings is 1. The third-order valence-corrected chi connectivity index (χ3v) is 3.81. The van der Waals surface area contributed by atoms with Gasteiger partial charge in [0.05, 0.1) is 24.1 Å². The minimum atomic E-state index is 0.590. The fourth-order valence-corrected chi connectivity index (χ4v) is 2.52. The second-order valence-electron chi connectivity index (χ2n) is 5.63. The van der Waals surface area contributed by atoms with Crippen molar-refractivity contribution in [2.24, 2.45) is 0 Å². The van der Waals surface area contributed by atoms with Crippen LogP contribution in [-0.4, -0.2) is 30.2 Å². The number of hydrogen-bond acceptors (Lipinski definition) is 5. The van der Waals surface area contributed by atoms with Crippen LogP contribution in [0.2, 0.25) is 0 Å². The summed E-state index contributed by atoms with van der Waals surface area (Å²) in [5.74, 6) is 0.736. The summed E-state index contributed by atoms with van der Waals surface area (Å²) in [7, 11) is 0. The molecule has 7 heteroatoms. The third-order valence-electron chi connectivity index (χ3n) is 3.81. The SMILES string of the molecule is Cc1nn(-c2cccnc2)nc1NCc1cc(-c2ccccc2)n[nH]1. The van der Waals surface area contributed by atoms with Gasteiger partial charge in [-0.3, -0.25) is 10.1 Å². The van der Waals surface area contributed by atoms with E-state index < -0.39 is 0 Å². The lowest BCUT2D eigenvalue weighted by atomic mass is 10.1. The fourth-order valence-electron chi connectivity index (χ4n) is 2.52. The van der Waals surface area contributed by atoms with Crippen LogP contribution in [0.5, 0.6) is 0 Å². The Labute approximate surface area is 144 Å². The summed E-state index contributed by atoms with van der Waals surface area (Å²) < 4.78 is 0. The molecule has 7 nitrogen and oxygen atoms in total. The molecule has 3 aromatic heterocycles. The molecule has 0 atom stereocenters. The molecular weight excluding hydrogens is 314 g/mol. The monoisotopic (exact) mass is 331 g/mol. The topological polar surface area (TPSA) is 84.3 Å². The molecule has 0 aliphatic heterocycles. The first-order valence-corrected chi connectivity index (χ1v) is 7.97. The molecule has 0 saturated carbocycles. The van der Waals surface area contributed by atoms with E-state index in [2.05, 4.69) is 30.7 Å². The second kappa shape index (κ2) is 6.56. The molecule has 0 spiro atoms. The zero-order valence-corrected chi connectivity index (χ0v) is 13.7. The Kier molecular flexibility index (Phi) is 3.96. The first kappa shape index (κ1) is 15.1. The molecule has 124 valence electrons. The van der Waals surface area contributed by atoms with E-state index >= 15 is 0 Å². The largest absolute Gasteiger partial charge is 0.361 e. The molecule has 1 aromatic carbocycles. The average Bonchev–Trinajstić information content (AvgIpc) is 3.28. The van der Waals surface area contributed by atoms with Crippen molar-refractivity contribution in [2.45, 2.75) is 13.5 Å². The zero-order valence-electron chi connectivity index (χ0n) is 13.7. The Balaban J connectivity index is 1.47. The first-order valence-electron chi connectivity index (χ1n) is 7.97. The Hall–Kier alpha value is -3.48. The quantitative estimate of drug-likeness (QED) is 0.587. The van der Waals surface area contributed by atoms with Crippen LogP contribution in [0.4, 0.5) is 5.82 Å². The third kappa shape index (κ3) is 3.25. The summed E-state index contributed by atoms with van der Waals surface area (Å²) in [4.78, 5) is 5.67. The van der Waals surface area contributed by atoms with E-state index in [0.29, 0.717) is 6.54 Å². The zero-order chi connectivity index (χ0) is 17.1. The van der Waals surface area contributed by atoms with Crippen LogP contribution >= 0.6 is 0 Å². The Morgan fingerprint density at radius 1 is 1.08 bits per heavy atom. The molecule has 0 amide bonds. The van der Waals surface area contributed by atoms with Gasteiger partial charge in [-0.05, 0) is 25.1 Å². The summed E-state index contributed by atoms with van der Waals surface area (Å²) in [6.45, 7) is 2.51. The predicted octanol–water partition coefficient (Wildman–Crippen LogP) is 2.97. The van der Waals surface area contributed by atoms with Gasteiger partial charge in [-0.15, -0.1) is 9.90 Å². The van der Waals surface area contributed by atoms with Gasteiger partial charge in [0.1, 0.15) is 11.4 Å². The minimum Gasteiger partial charge on any atom is -0.361 e. The van der Waals surface area contributed by atoms with Gasteiger partial charge in [0, 0.05) is 11.8 Å². The minimum absolute atomic E-state index is 0.590. The van der Waals surface area contributed by atoms with E-state index in [0.717, 1.165) is 34.2 Å². The fraction of sp³-hybridized carbons (Fsp3) is 0.111. The summed E-state index contributed by atoms with van der Waals surface area (Å²) in [5, 5.41) is 19.6. The first-order chi connectivity index (χ1) is 12.3. The van der Waals surface area contributed by atoms with Gasteiger partial charge in [0.25, 0.3) is 0 Å². The van der Waals surface area contributed by atoms with Crippen LogP contribution in [0.15, 0.2) is 60.9 Å².